The Balaban J connectivity index is 2.92. The van der Waals surface area contributed by atoms with Gasteiger partial charge in [0.05, 0.1) is 0 Å². The minimum absolute atomic E-state index is 0.222. The number of unbranched alkanes of at least 4 members (excludes halogenated alkanes) is 8. The lowest BCUT2D eigenvalue weighted by atomic mass is 10.1. The van der Waals surface area contributed by atoms with Crippen LogP contribution in [0, 0.1) is 0 Å². The van der Waals surface area contributed by atoms with E-state index >= 15 is 0 Å². The van der Waals surface area contributed by atoms with Gasteiger partial charge in [0.2, 0.25) is 0 Å². The highest BCUT2D eigenvalue weighted by molar-refractivity contribution is 5.63. The Bertz CT molecular complexity index is 164. The number of aliphatic carboxylic acids is 1. The molecule has 0 aromatic heterocycles. The number of hydrogen-bond donors (Lipinski definition) is 0. The summed E-state index contributed by atoms with van der Waals surface area (Å²) in [6.45, 7) is 3.69. The first kappa shape index (κ1) is 14.2. The Hall–Kier alpha value is -0.790. The number of carbonyl (C=O) groups excluding carboxylic acids is 1. The number of carboxylic acid groups (broad SMARTS) is 1. The lowest BCUT2D eigenvalue weighted by molar-refractivity contribution is -0.305. The predicted molar refractivity (Wildman–Crippen MR) is 61.4 cm³/mol. The maximum Gasteiger partial charge on any atom is 0.0414 e. The Labute approximate surface area is 93.4 Å². The molecule has 0 atom stereocenters. The smallest absolute Gasteiger partial charge is 0.0414 e. The van der Waals surface area contributed by atoms with Gasteiger partial charge in [-0.3, -0.25) is 0 Å². The molecule has 0 saturated heterocycles. The molecule has 0 aliphatic rings. The van der Waals surface area contributed by atoms with E-state index in [9.17, 15) is 9.90 Å². The highest BCUT2D eigenvalue weighted by Gasteiger charge is 1.92. The Morgan fingerprint density at radius 1 is 0.933 bits per heavy atom. The van der Waals surface area contributed by atoms with Crippen LogP contribution in [0.5, 0.6) is 0 Å². The third-order valence-corrected chi connectivity index (χ3v) is 2.54. The van der Waals surface area contributed by atoms with E-state index in [0.29, 0.717) is 0 Å². The average Bonchev–Trinajstić information content (AvgIpc) is 2.20. The maximum absolute atomic E-state index is 10.1. The molecule has 0 amide bonds. The number of carboxylic acids is 1. The van der Waals surface area contributed by atoms with Gasteiger partial charge in [-0.1, -0.05) is 44.6 Å². The lowest BCUT2D eigenvalue weighted by Crippen LogP contribution is -2.21. The summed E-state index contributed by atoms with van der Waals surface area (Å²) in [6.07, 6.45) is 12.7. The van der Waals surface area contributed by atoms with Crippen LogP contribution in [0.15, 0.2) is 12.7 Å². The van der Waals surface area contributed by atoms with Crippen molar-refractivity contribution >= 4 is 5.97 Å². The molecule has 0 N–H and O–H groups in total. The zero-order valence-electron chi connectivity index (χ0n) is 9.67. The van der Waals surface area contributed by atoms with Gasteiger partial charge >= 0.3 is 0 Å². The van der Waals surface area contributed by atoms with E-state index in [0.717, 1.165) is 25.7 Å². The van der Waals surface area contributed by atoms with Gasteiger partial charge in [0.15, 0.2) is 0 Å². The predicted octanol–water partition coefficient (Wildman–Crippen LogP) is 2.82. The minimum Gasteiger partial charge on any atom is -0.550 e. The number of hydrogen-bond acceptors (Lipinski definition) is 2. The van der Waals surface area contributed by atoms with Gasteiger partial charge in [-0.25, -0.2) is 0 Å². The van der Waals surface area contributed by atoms with Crippen LogP contribution in [-0.2, 0) is 4.79 Å². The summed E-state index contributed by atoms with van der Waals surface area (Å²) in [5.41, 5.74) is 0. The van der Waals surface area contributed by atoms with Crippen molar-refractivity contribution in [1.82, 2.24) is 0 Å². The van der Waals surface area contributed by atoms with Gasteiger partial charge < -0.3 is 9.90 Å². The molecule has 15 heavy (non-hydrogen) atoms. The molecule has 0 rings (SSSR count). The minimum atomic E-state index is -0.917. The fraction of sp³-hybridized carbons (Fsp3) is 0.769. The van der Waals surface area contributed by atoms with Crippen molar-refractivity contribution < 1.29 is 9.90 Å². The van der Waals surface area contributed by atoms with Crippen molar-refractivity contribution in [1.29, 1.82) is 0 Å². The molecule has 0 aromatic carbocycles. The second kappa shape index (κ2) is 11.3. The summed E-state index contributed by atoms with van der Waals surface area (Å²) in [5.74, 6) is -0.917. The Morgan fingerprint density at radius 3 is 1.87 bits per heavy atom. The molecule has 0 unspecified atom stereocenters. The molecule has 0 heterocycles. The van der Waals surface area contributed by atoms with Crippen molar-refractivity contribution in [3.05, 3.63) is 12.7 Å². The summed E-state index contributed by atoms with van der Waals surface area (Å²) < 4.78 is 0. The van der Waals surface area contributed by atoms with E-state index in [4.69, 9.17) is 0 Å². The second-order valence-corrected chi connectivity index (χ2v) is 4.03. The molecule has 0 radical (unpaired) electrons. The lowest BCUT2D eigenvalue weighted by Gasteiger charge is -2.02. The Morgan fingerprint density at radius 2 is 1.40 bits per heavy atom. The second-order valence-electron chi connectivity index (χ2n) is 4.03. The highest BCUT2D eigenvalue weighted by atomic mass is 16.4. The topological polar surface area (TPSA) is 40.1 Å². The monoisotopic (exact) mass is 211 g/mol. The van der Waals surface area contributed by atoms with E-state index in [1.54, 1.807) is 0 Å². The average molecular weight is 211 g/mol. The zero-order valence-corrected chi connectivity index (χ0v) is 9.67. The number of rotatable bonds is 11. The van der Waals surface area contributed by atoms with E-state index in [1.165, 1.54) is 32.1 Å². The summed E-state index contributed by atoms with van der Waals surface area (Å²) in [6, 6.07) is 0. The van der Waals surface area contributed by atoms with E-state index in [-0.39, 0.29) is 6.42 Å². The molecule has 0 fully saturated rings. The third-order valence-electron chi connectivity index (χ3n) is 2.54. The van der Waals surface area contributed by atoms with Crippen molar-refractivity contribution in [2.45, 2.75) is 64.2 Å². The van der Waals surface area contributed by atoms with Crippen LogP contribution in [0.2, 0.25) is 0 Å². The summed E-state index contributed by atoms with van der Waals surface area (Å²) in [4.78, 5) is 10.1. The molecule has 2 heteroatoms. The largest absolute Gasteiger partial charge is 0.550 e. The molecule has 0 bridgehead atoms. The van der Waals surface area contributed by atoms with Gasteiger partial charge in [-0.2, -0.15) is 0 Å². The summed E-state index contributed by atoms with van der Waals surface area (Å²) in [7, 11) is 0. The number of allylic oxidation sites excluding steroid dienone is 1. The Kier molecular flexibility index (Phi) is 10.7. The molecule has 0 spiro atoms. The van der Waals surface area contributed by atoms with Crippen LogP contribution in [0.3, 0.4) is 0 Å². The molecule has 88 valence electrons. The fourth-order valence-electron chi connectivity index (χ4n) is 1.62. The molecule has 0 saturated carbocycles. The SMILES string of the molecule is C=CCCCCCCCCCCC(=O)[O-]. The first-order chi connectivity index (χ1) is 7.27. The normalized spacial score (nSPS) is 10.1. The number of carbonyl (C=O) groups is 1. The molecular weight excluding hydrogens is 188 g/mol. The molecule has 2 nitrogen and oxygen atoms in total. The van der Waals surface area contributed by atoms with Crippen molar-refractivity contribution in [3.63, 3.8) is 0 Å². The first-order valence-electron chi connectivity index (χ1n) is 6.08. The van der Waals surface area contributed by atoms with Gasteiger partial charge in [0.1, 0.15) is 0 Å². The molecular formula is C13H23O2-. The molecule has 0 aliphatic heterocycles. The van der Waals surface area contributed by atoms with Crippen molar-refractivity contribution in [3.8, 4) is 0 Å². The zero-order chi connectivity index (χ0) is 11.4. The van der Waals surface area contributed by atoms with Gasteiger partial charge in [0, 0.05) is 5.97 Å². The van der Waals surface area contributed by atoms with Crippen LogP contribution in [0.1, 0.15) is 64.2 Å². The van der Waals surface area contributed by atoms with E-state index in [2.05, 4.69) is 6.58 Å². The van der Waals surface area contributed by atoms with Crippen molar-refractivity contribution in [2.24, 2.45) is 0 Å². The van der Waals surface area contributed by atoms with Crippen LogP contribution in [0.4, 0.5) is 0 Å². The van der Waals surface area contributed by atoms with E-state index < -0.39 is 5.97 Å². The standard InChI is InChI=1S/C13H24O2/c1-2-3-4-5-6-7-8-9-10-11-12-13(14)15/h2H,1,3-12H2,(H,14,15)/p-1. The molecule has 0 aromatic rings. The third kappa shape index (κ3) is 13.2. The summed E-state index contributed by atoms with van der Waals surface area (Å²) >= 11 is 0. The van der Waals surface area contributed by atoms with Gasteiger partial charge in [-0.15, -0.1) is 6.58 Å². The van der Waals surface area contributed by atoms with Gasteiger partial charge in [-0.05, 0) is 25.7 Å². The fourth-order valence-corrected chi connectivity index (χ4v) is 1.62. The first-order valence-corrected chi connectivity index (χ1v) is 6.08. The molecule has 0 aliphatic carbocycles. The van der Waals surface area contributed by atoms with Gasteiger partial charge in [0.25, 0.3) is 0 Å². The summed E-state index contributed by atoms with van der Waals surface area (Å²) in [5, 5.41) is 10.1. The van der Waals surface area contributed by atoms with Crippen LogP contribution in [0.25, 0.3) is 0 Å². The van der Waals surface area contributed by atoms with E-state index in [1.807, 2.05) is 6.08 Å². The van der Waals surface area contributed by atoms with Crippen LogP contribution < -0.4 is 5.11 Å². The van der Waals surface area contributed by atoms with Crippen molar-refractivity contribution in [2.75, 3.05) is 0 Å². The van der Waals surface area contributed by atoms with Crippen LogP contribution in [-0.4, -0.2) is 5.97 Å². The maximum atomic E-state index is 10.1. The highest BCUT2D eigenvalue weighted by Crippen LogP contribution is 2.10. The van der Waals surface area contributed by atoms with Crippen LogP contribution >= 0.6 is 0 Å². The quantitative estimate of drug-likeness (QED) is 0.389.